The molecule has 1 amide bonds. The van der Waals surface area contributed by atoms with Crippen LogP contribution in [0.1, 0.15) is 81.2 Å². The molecule has 7 nitrogen and oxygen atoms in total. The van der Waals surface area contributed by atoms with Gasteiger partial charge in [0.1, 0.15) is 24.0 Å². The third-order valence-electron chi connectivity index (χ3n) is 5.86. The van der Waals surface area contributed by atoms with Gasteiger partial charge >= 0.3 is 13.2 Å². The van der Waals surface area contributed by atoms with Crippen molar-refractivity contribution in [2.24, 2.45) is 5.92 Å². The van der Waals surface area contributed by atoms with Crippen LogP contribution in [0.5, 0.6) is 5.75 Å². The number of hydrogen-bond donors (Lipinski definition) is 1. The Kier molecular flexibility index (Phi) is 7.82. The number of alkyl carbamates (subject to hydrolysis) is 1. The Morgan fingerprint density at radius 2 is 1.73 bits per heavy atom. The van der Waals surface area contributed by atoms with Gasteiger partial charge in [0, 0.05) is 0 Å². The maximum Gasteiger partial charge on any atom is 0.494 e. The van der Waals surface area contributed by atoms with Gasteiger partial charge in [-0.1, -0.05) is 19.9 Å². The molecule has 0 spiro atoms. The summed E-state index contributed by atoms with van der Waals surface area (Å²) in [6, 6.07) is 7.54. The quantitative estimate of drug-likeness (QED) is 0.603. The lowest BCUT2D eigenvalue weighted by atomic mass is 9.78. The molecule has 0 bridgehead atoms. The first kappa shape index (κ1) is 27.0. The minimum atomic E-state index is -0.673. The molecule has 1 aromatic carbocycles. The number of ether oxygens (including phenoxy) is 2. The molecule has 182 valence electrons. The molecule has 1 saturated heterocycles. The first-order valence-corrected chi connectivity index (χ1v) is 11.5. The highest BCUT2D eigenvalue weighted by molar-refractivity contribution is 6.62. The van der Waals surface area contributed by atoms with Crippen LogP contribution in [0.15, 0.2) is 18.2 Å². The van der Waals surface area contributed by atoms with Crippen LogP contribution < -0.4 is 15.5 Å². The number of nitrogens with one attached hydrogen (secondary N) is 1. The highest BCUT2D eigenvalue weighted by atomic mass is 16.7. The van der Waals surface area contributed by atoms with E-state index in [1.54, 1.807) is 12.1 Å². The molecule has 2 rings (SSSR count). The summed E-state index contributed by atoms with van der Waals surface area (Å²) in [6.07, 6.45) is 0.186. The van der Waals surface area contributed by atoms with E-state index < -0.39 is 35.6 Å². The van der Waals surface area contributed by atoms with E-state index in [1.165, 1.54) is 0 Å². The van der Waals surface area contributed by atoms with Gasteiger partial charge in [-0.3, -0.25) is 0 Å². The van der Waals surface area contributed by atoms with E-state index in [1.807, 2.05) is 61.5 Å². The molecule has 33 heavy (non-hydrogen) atoms. The van der Waals surface area contributed by atoms with E-state index >= 15 is 0 Å². The van der Waals surface area contributed by atoms with Crippen molar-refractivity contribution in [3.05, 3.63) is 23.8 Å². The van der Waals surface area contributed by atoms with Crippen molar-refractivity contribution in [2.45, 2.75) is 98.0 Å². The first-order chi connectivity index (χ1) is 15.0. The number of hydrogen-bond acceptors (Lipinski definition) is 6. The summed E-state index contributed by atoms with van der Waals surface area (Å²) >= 11 is 0. The fourth-order valence-electron chi connectivity index (χ4n) is 3.72. The van der Waals surface area contributed by atoms with Crippen LogP contribution in [-0.2, 0) is 14.0 Å². The molecule has 1 atom stereocenters. The summed E-state index contributed by atoms with van der Waals surface area (Å²) in [5, 5.41) is 12.7. The van der Waals surface area contributed by atoms with Gasteiger partial charge in [0.25, 0.3) is 0 Å². The standard InChI is InChI=1S/C25H39BN2O5/c1-17(2)14-25(10,28-21(29)31-22(3,4)5)16-30-20-12-11-19(13-18(20)15-27)26-32-23(6,7)24(8,9)33-26/h11-13,17H,14,16H2,1-10H3,(H,28,29). The molecule has 1 unspecified atom stereocenters. The Morgan fingerprint density at radius 3 is 2.21 bits per heavy atom. The molecule has 1 N–H and O–H groups in total. The molecule has 1 fully saturated rings. The summed E-state index contributed by atoms with van der Waals surface area (Å²) in [5.41, 5.74) is -1.06. The number of nitriles is 1. The number of benzene rings is 1. The average molecular weight is 458 g/mol. The number of carbonyl (C=O) groups excluding carboxylic acids is 1. The van der Waals surface area contributed by atoms with Crippen LogP contribution >= 0.6 is 0 Å². The number of nitrogens with zero attached hydrogens (tertiary/aromatic N) is 1. The first-order valence-electron chi connectivity index (χ1n) is 11.5. The molecule has 1 aromatic rings. The van der Waals surface area contributed by atoms with Crippen molar-refractivity contribution in [2.75, 3.05) is 6.61 Å². The third-order valence-corrected chi connectivity index (χ3v) is 5.86. The summed E-state index contributed by atoms with van der Waals surface area (Å²) in [7, 11) is -0.559. The summed E-state index contributed by atoms with van der Waals surface area (Å²) in [5.74, 6) is 0.758. The average Bonchev–Trinajstić information content (AvgIpc) is 2.84. The molecule has 1 heterocycles. The van der Waals surface area contributed by atoms with E-state index in [0.29, 0.717) is 23.7 Å². The zero-order valence-electron chi connectivity index (χ0n) is 21.8. The maximum atomic E-state index is 12.4. The maximum absolute atomic E-state index is 12.4. The highest BCUT2D eigenvalue weighted by Gasteiger charge is 2.51. The van der Waals surface area contributed by atoms with Crippen LogP contribution in [0.3, 0.4) is 0 Å². The molecule has 8 heteroatoms. The van der Waals surface area contributed by atoms with Crippen molar-refractivity contribution in [3.8, 4) is 11.8 Å². The number of rotatable bonds is 7. The van der Waals surface area contributed by atoms with Gasteiger partial charge < -0.3 is 24.1 Å². The van der Waals surface area contributed by atoms with Gasteiger partial charge in [-0.2, -0.15) is 5.26 Å². The van der Waals surface area contributed by atoms with Crippen LogP contribution in [-0.4, -0.2) is 42.2 Å². The molecule has 1 aliphatic rings. The van der Waals surface area contributed by atoms with Gasteiger partial charge in [0.05, 0.1) is 22.3 Å². The SMILES string of the molecule is CC(C)CC(C)(COc1ccc(B2OC(C)(C)C(C)(C)O2)cc1C#N)NC(=O)OC(C)(C)C. The lowest BCUT2D eigenvalue weighted by Gasteiger charge is -2.33. The van der Waals surface area contributed by atoms with Crippen LogP contribution in [0.25, 0.3) is 0 Å². The van der Waals surface area contributed by atoms with E-state index in [9.17, 15) is 10.1 Å². The van der Waals surface area contributed by atoms with Crippen molar-refractivity contribution in [1.29, 1.82) is 5.26 Å². The van der Waals surface area contributed by atoms with Crippen molar-refractivity contribution < 1.29 is 23.6 Å². The Hall–Kier alpha value is -2.24. The van der Waals surface area contributed by atoms with Crippen molar-refractivity contribution in [3.63, 3.8) is 0 Å². The minimum Gasteiger partial charge on any atom is -0.490 e. The van der Waals surface area contributed by atoms with Gasteiger partial charge in [0.2, 0.25) is 0 Å². The Labute approximate surface area is 199 Å². The van der Waals surface area contributed by atoms with Crippen LogP contribution in [0, 0.1) is 17.2 Å². The second-order valence-corrected chi connectivity index (χ2v) is 11.5. The second kappa shape index (κ2) is 9.56. The third kappa shape index (κ3) is 7.12. The largest absolute Gasteiger partial charge is 0.494 e. The summed E-state index contributed by atoms with van der Waals surface area (Å²) < 4.78 is 23.7. The lowest BCUT2D eigenvalue weighted by Crippen LogP contribution is -2.52. The van der Waals surface area contributed by atoms with Crippen molar-refractivity contribution in [1.82, 2.24) is 5.32 Å². The van der Waals surface area contributed by atoms with Crippen LogP contribution in [0.4, 0.5) is 4.79 Å². The molecule has 0 saturated carbocycles. The van der Waals surface area contributed by atoms with E-state index in [-0.39, 0.29) is 6.61 Å². The molecular formula is C25H39BN2O5. The van der Waals surface area contributed by atoms with Gasteiger partial charge in [-0.05, 0) is 85.3 Å². The van der Waals surface area contributed by atoms with Gasteiger partial charge in [0.15, 0.2) is 0 Å². The van der Waals surface area contributed by atoms with E-state index in [2.05, 4.69) is 25.2 Å². The highest BCUT2D eigenvalue weighted by Crippen LogP contribution is 2.36. The topological polar surface area (TPSA) is 89.8 Å². The fourth-order valence-corrected chi connectivity index (χ4v) is 3.72. The normalized spacial score (nSPS) is 19.0. The molecule has 0 radical (unpaired) electrons. The monoisotopic (exact) mass is 458 g/mol. The zero-order chi connectivity index (χ0) is 25.2. The van der Waals surface area contributed by atoms with E-state index in [4.69, 9.17) is 18.8 Å². The second-order valence-electron chi connectivity index (χ2n) is 11.5. The Bertz CT molecular complexity index is 885. The molecule has 0 aliphatic carbocycles. The van der Waals surface area contributed by atoms with E-state index in [0.717, 1.165) is 5.46 Å². The predicted molar refractivity (Wildman–Crippen MR) is 130 cm³/mol. The van der Waals surface area contributed by atoms with Gasteiger partial charge in [-0.25, -0.2) is 4.79 Å². The molecule has 0 aromatic heterocycles. The lowest BCUT2D eigenvalue weighted by molar-refractivity contribution is 0.00578. The summed E-state index contributed by atoms with van der Waals surface area (Å²) in [6.45, 7) is 19.7. The smallest absolute Gasteiger partial charge is 0.490 e. The van der Waals surface area contributed by atoms with Crippen LogP contribution in [0.2, 0.25) is 0 Å². The predicted octanol–water partition coefficient (Wildman–Crippen LogP) is 4.57. The molecule has 1 aliphatic heterocycles. The Morgan fingerprint density at radius 1 is 1.15 bits per heavy atom. The molecular weight excluding hydrogens is 419 g/mol. The van der Waals surface area contributed by atoms with Gasteiger partial charge in [-0.15, -0.1) is 0 Å². The van der Waals surface area contributed by atoms with Crippen molar-refractivity contribution >= 4 is 18.7 Å². The fraction of sp³-hybridized carbons (Fsp3) is 0.680. The minimum absolute atomic E-state index is 0.189. The number of carbonyl (C=O) groups is 1. The summed E-state index contributed by atoms with van der Waals surface area (Å²) in [4.78, 5) is 12.4. The number of amides is 1. The Balaban J connectivity index is 2.18. The zero-order valence-corrected chi connectivity index (χ0v) is 21.8.